The summed E-state index contributed by atoms with van der Waals surface area (Å²) in [6.45, 7) is 4.19. The Labute approximate surface area is 93.0 Å². The number of hydrogen-bond acceptors (Lipinski definition) is 4. The van der Waals surface area contributed by atoms with E-state index in [-0.39, 0.29) is 0 Å². The Morgan fingerprint density at radius 1 is 1.27 bits per heavy atom. The number of aryl methyl sites for hydroxylation is 2. The van der Waals surface area contributed by atoms with E-state index in [1.165, 1.54) is 22.5 Å². The van der Waals surface area contributed by atoms with Crippen LogP contribution in [0.2, 0.25) is 0 Å². The van der Waals surface area contributed by atoms with Crippen LogP contribution in [0.1, 0.15) is 11.1 Å². The van der Waals surface area contributed by atoms with Gasteiger partial charge in [0.1, 0.15) is 5.00 Å². The molecule has 0 atom stereocenters. The largest absolute Gasteiger partial charge is 0.389 e. The quantitative estimate of drug-likeness (QED) is 0.816. The molecule has 15 heavy (non-hydrogen) atoms. The fourth-order valence-electron chi connectivity index (χ4n) is 1.29. The Hall–Kier alpha value is -1.55. The molecular formula is C11H13N3S. The first-order valence-corrected chi connectivity index (χ1v) is 5.52. The lowest BCUT2D eigenvalue weighted by Crippen LogP contribution is -1.90. The second kappa shape index (κ2) is 3.90. The highest BCUT2D eigenvalue weighted by molar-refractivity contribution is 7.19. The second-order valence-corrected chi connectivity index (χ2v) is 4.55. The van der Waals surface area contributed by atoms with Gasteiger partial charge in [0.05, 0.1) is 6.20 Å². The van der Waals surface area contributed by atoms with Crippen molar-refractivity contribution >= 4 is 27.2 Å². The van der Waals surface area contributed by atoms with E-state index in [1.54, 1.807) is 6.20 Å². The smallest absolute Gasteiger partial charge is 0.189 e. The molecule has 0 bridgehead atoms. The molecule has 0 amide bonds. The first-order chi connectivity index (χ1) is 7.15. The molecule has 1 aromatic carbocycles. The molecule has 4 heteroatoms. The maximum atomic E-state index is 5.60. The summed E-state index contributed by atoms with van der Waals surface area (Å²) in [5.41, 5.74) is 9.21. The van der Waals surface area contributed by atoms with Gasteiger partial charge >= 0.3 is 0 Å². The van der Waals surface area contributed by atoms with Gasteiger partial charge in [-0.25, -0.2) is 4.98 Å². The van der Waals surface area contributed by atoms with Gasteiger partial charge in [-0.1, -0.05) is 17.4 Å². The predicted octanol–water partition coefficient (Wildman–Crippen LogP) is 3.09. The van der Waals surface area contributed by atoms with Crippen LogP contribution in [0.3, 0.4) is 0 Å². The minimum Gasteiger partial charge on any atom is -0.389 e. The minimum atomic E-state index is 0.723. The maximum absolute atomic E-state index is 5.60. The van der Waals surface area contributed by atoms with Crippen molar-refractivity contribution in [2.24, 2.45) is 0 Å². The summed E-state index contributed by atoms with van der Waals surface area (Å²) in [5.74, 6) is 0. The van der Waals surface area contributed by atoms with E-state index in [1.807, 2.05) is 6.07 Å². The first kappa shape index (κ1) is 9.98. The Bertz CT molecular complexity index is 476. The van der Waals surface area contributed by atoms with Crippen molar-refractivity contribution in [1.82, 2.24) is 4.98 Å². The summed E-state index contributed by atoms with van der Waals surface area (Å²) in [5, 5.41) is 4.77. The van der Waals surface area contributed by atoms with E-state index in [0.717, 1.165) is 15.8 Å². The van der Waals surface area contributed by atoms with Crippen LogP contribution in [-0.2, 0) is 0 Å². The van der Waals surface area contributed by atoms with Gasteiger partial charge in [-0.05, 0) is 37.1 Å². The number of anilines is 3. The zero-order chi connectivity index (χ0) is 10.8. The van der Waals surface area contributed by atoms with Crippen LogP contribution >= 0.6 is 11.3 Å². The molecule has 1 aromatic heterocycles. The number of thiazole rings is 1. The third-order valence-electron chi connectivity index (χ3n) is 2.28. The van der Waals surface area contributed by atoms with Crippen LogP contribution in [0.4, 0.5) is 15.8 Å². The highest BCUT2D eigenvalue weighted by Gasteiger charge is 2.00. The molecule has 0 spiro atoms. The summed E-state index contributed by atoms with van der Waals surface area (Å²) in [7, 11) is 0. The van der Waals surface area contributed by atoms with Gasteiger partial charge in [-0.15, -0.1) is 0 Å². The topological polar surface area (TPSA) is 50.9 Å². The molecule has 0 aliphatic rings. The van der Waals surface area contributed by atoms with E-state index in [4.69, 9.17) is 5.73 Å². The van der Waals surface area contributed by atoms with Crippen LogP contribution in [-0.4, -0.2) is 4.98 Å². The van der Waals surface area contributed by atoms with Crippen molar-refractivity contribution < 1.29 is 0 Å². The van der Waals surface area contributed by atoms with Gasteiger partial charge in [-0.2, -0.15) is 0 Å². The molecule has 2 rings (SSSR count). The number of nitrogens with two attached hydrogens (primary N) is 1. The zero-order valence-corrected chi connectivity index (χ0v) is 9.56. The fraction of sp³-hybridized carbons (Fsp3) is 0.182. The molecule has 3 nitrogen and oxygen atoms in total. The van der Waals surface area contributed by atoms with E-state index in [9.17, 15) is 0 Å². The van der Waals surface area contributed by atoms with Crippen LogP contribution in [0.5, 0.6) is 0 Å². The van der Waals surface area contributed by atoms with Crippen LogP contribution in [0.25, 0.3) is 0 Å². The minimum absolute atomic E-state index is 0.723. The Kier molecular flexibility index (Phi) is 2.60. The van der Waals surface area contributed by atoms with E-state index >= 15 is 0 Å². The van der Waals surface area contributed by atoms with Gasteiger partial charge < -0.3 is 11.1 Å². The SMILES string of the molecule is Cc1ccc(Nc2ncc(N)s2)cc1C. The highest BCUT2D eigenvalue weighted by Crippen LogP contribution is 2.24. The van der Waals surface area contributed by atoms with Crippen molar-refractivity contribution in [2.75, 3.05) is 11.1 Å². The van der Waals surface area contributed by atoms with Crippen molar-refractivity contribution in [3.63, 3.8) is 0 Å². The molecule has 0 saturated heterocycles. The van der Waals surface area contributed by atoms with Gasteiger partial charge in [0.15, 0.2) is 5.13 Å². The lowest BCUT2D eigenvalue weighted by Gasteiger charge is -2.05. The van der Waals surface area contributed by atoms with Crippen LogP contribution in [0.15, 0.2) is 24.4 Å². The number of nitrogens with one attached hydrogen (secondary N) is 1. The third-order valence-corrected chi connectivity index (χ3v) is 3.02. The molecule has 3 N–H and O–H groups in total. The lowest BCUT2D eigenvalue weighted by atomic mass is 10.1. The number of nitrogen functional groups attached to an aromatic ring is 1. The molecule has 0 fully saturated rings. The highest BCUT2D eigenvalue weighted by atomic mass is 32.1. The number of hydrogen-bond donors (Lipinski definition) is 2. The average Bonchev–Trinajstić information content (AvgIpc) is 2.58. The maximum Gasteiger partial charge on any atom is 0.189 e. The van der Waals surface area contributed by atoms with E-state index in [2.05, 4.69) is 36.3 Å². The van der Waals surface area contributed by atoms with Gasteiger partial charge in [-0.3, -0.25) is 0 Å². The summed E-state index contributed by atoms with van der Waals surface area (Å²) < 4.78 is 0. The second-order valence-electron chi connectivity index (χ2n) is 3.49. The normalized spacial score (nSPS) is 10.3. The number of rotatable bonds is 2. The monoisotopic (exact) mass is 219 g/mol. The van der Waals surface area contributed by atoms with Crippen LogP contribution < -0.4 is 11.1 Å². The van der Waals surface area contributed by atoms with Gasteiger partial charge in [0.25, 0.3) is 0 Å². The van der Waals surface area contributed by atoms with E-state index in [0.29, 0.717) is 0 Å². The van der Waals surface area contributed by atoms with Gasteiger partial charge in [0, 0.05) is 5.69 Å². The van der Waals surface area contributed by atoms with E-state index < -0.39 is 0 Å². The van der Waals surface area contributed by atoms with Crippen molar-refractivity contribution in [1.29, 1.82) is 0 Å². The molecule has 2 aromatic rings. The molecule has 0 saturated carbocycles. The standard InChI is InChI=1S/C11H13N3S/c1-7-3-4-9(5-8(7)2)14-11-13-6-10(12)15-11/h3-6H,12H2,1-2H3,(H,13,14). The summed E-state index contributed by atoms with van der Waals surface area (Å²) >= 11 is 1.45. The predicted molar refractivity (Wildman–Crippen MR) is 65.7 cm³/mol. The summed E-state index contributed by atoms with van der Waals surface area (Å²) in [4.78, 5) is 4.15. The number of aromatic nitrogens is 1. The number of benzene rings is 1. The average molecular weight is 219 g/mol. The summed E-state index contributed by atoms with van der Waals surface area (Å²) in [6.07, 6.45) is 1.66. The summed E-state index contributed by atoms with van der Waals surface area (Å²) in [6, 6.07) is 6.24. The zero-order valence-electron chi connectivity index (χ0n) is 8.74. The molecule has 1 heterocycles. The molecule has 0 radical (unpaired) electrons. The number of nitrogens with zero attached hydrogens (tertiary/aromatic N) is 1. The van der Waals surface area contributed by atoms with Crippen molar-refractivity contribution in [3.05, 3.63) is 35.5 Å². The fourth-order valence-corrected chi connectivity index (χ4v) is 1.89. The third kappa shape index (κ3) is 2.27. The van der Waals surface area contributed by atoms with Gasteiger partial charge in [0.2, 0.25) is 0 Å². The van der Waals surface area contributed by atoms with Crippen LogP contribution in [0, 0.1) is 13.8 Å². The molecular weight excluding hydrogens is 206 g/mol. The Morgan fingerprint density at radius 2 is 2.07 bits per heavy atom. The first-order valence-electron chi connectivity index (χ1n) is 4.71. The lowest BCUT2D eigenvalue weighted by molar-refractivity contribution is 1.33. The Morgan fingerprint density at radius 3 is 2.67 bits per heavy atom. The molecule has 78 valence electrons. The molecule has 0 aliphatic carbocycles. The molecule has 0 aliphatic heterocycles. The Balaban J connectivity index is 2.21. The van der Waals surface area contributed by atoms with Crippen molar-refractivity contribution in [3.8, 4) is 0 Å². The van der Waals surface area contributed by atoms with Crippen molar-refractivity contribution in [2.45, 2.75) is 13.8 Å². The molecule has 0 unspecified atom stereocenters.